The van der Waals surface area contributed by atoms with E-state index in [0.717, 1.165) is 30.0 Å². The minimum Gasteiger partial charge on any atom is -0.493 e. The molecule has 1 saturated heterocycles. The van der Waals surface area contributed by atoms with Crippen LogP contribution >= 0.6 is 11.6 Å². The van der Waals surface area contributed by atoms with Crippen molar-refractivity contribution in [3.63, 3.8) is 0 Å². The van der Waals surface area contributed by atoms with Crippen molar-refractivity contribution in [1.29, 1.82) is 0 Å². The van der Waals surface area contributed by atoms with Crippen LogP contribution in [0.15, 0.2) is 42.5 Å². The van der Waals surface area contributed by atoms with Crippen molar-refractivity contribution in [3.8, 4) is 5.75 Å². The number of nitrogens with zero attached hydrogens (tertiary/aromatic N) is 1. The molecule has 0 unspecified atom stereocenters. The highest BCUT2D eigenvalue weighted by Crippen LogP contribution is 2.49. The number of hydrogen-bond donors (Lipinski definition) is 1. The van der Waals surface area contributed by atoms with Gasteiger partial charge >= 0.3 is 0 Å². The number of rotatable bonds is 3. The molecule has 2 atom stereocenters. The van der Waals surface area contributed by atoms with Crippen molar-refractivity contribution in [2.75, 3.05) is 26.3 Å². The van der Waals surface area contributed by atoms with Crippen LogP contribution in [0.4, 0.5) is 4.39 Å². The molecule has 2 heterocycles. The molecule has 2 aromatic carbocycles. The Labute approximate surface area is 145 Å². The Kier molecular flexibility index (Phi) is 3.99. The van der Waals surface area contributed by atoms with Gasteiger partial charge in [0, 0.05) is 36.0 Å². The van der Waals surface area contributed by atoms with Gasteiger partial charge in [0.05, 0.1) is 13.2 Å². The molecule has 0 spiro atoms. The second-order valence-electron chi connectivity index (χ2n) is 6.80. The standard InChI is InChI=1S/C19H19ClFNO2/c20-17-7-14(21)6-5-13(17)8-22-9-16-15-3-1-2-4-18(15)24-12-19(16,10-22)11-23/h1-7,16,23H,8-12H2/t16-,19-/m1/s1. The third kappa shape index (κ3) is 2.59. The predicted molar refractivity (Wildman–Crippen MR) is 90.9 cm³/mol. The van der Waals surface area contributed by atoms with Crippen LogP contribution in [-0.2, 0) is 6.54 Å². The van der Waals surface area contributed by atoms with Crippen molar-refractivity contribution in [3.05, 3.63) is 64.4 Å². The van der Waals surface area contributed by atoms with Crippen molar-refractivity contribution in [1.82, 2.24) is 4.90 Å². The van der Waals surface area contributed by atoms with Gasteiger partial charge in [0.2, 0.25) is 0 Å². The van der Waals surface area contributed by atoms with Crippen molar-refractivity contribution in [2.24, 2.45) is 5.41 Å². The molecule has 0 amide bonds. The number of para-hydroxylation sites is 1. The third-order valence-electron chi connectivity index (χ3n) is 5.25. The maximum absolute atomic E-state index is 13.2. The lowest BCUT2D eigenvalue weighted by Crippen LogP contribution is -2.42. The first-order valence-electron chi connectivity index (χ1n) is 8.10. The van der Waals surface area contributed by atoms with Crippen LogP contribution in [0.5, 0.6) is 5.75 Å². The van der Waals surface area contributed by atoms with E-state index in [1.807, 2.05) is 18.2 Å². The van der Waals surface area contributed by atoms with Gasteiger partial charge in [-0.3, -0.25) is 4.90 Å². The van der Waals surface area contributed by atoms with E-state index in [9.17, 15) is 9.50 Å². The second kappa shape index (κ2) is 6.03. The zero-order valence-electron chi connectivity index (χ0n) is 13.2. The molecule has 5 heteroatoms. The van der Waals surface area contributed by atoms with E-state index in [1.54, 1.807) is 6.07 Å². The van der Waals surface area contributed by atoms with Gasteiger partial charge in [-0.05, 0) is 29.3 Å². The molecule has 3 nitrogen and oxygen atoms in total. The molecule has 0 bridgehead atoms. The molecule has 0 aromatic heterocycles. The average Bonchev–Trinajstić information content (AvgIpc) is 2.97. The summed E-state index contributed by atoms with van der Waals surface area (Å²) in [4.78, 5) is 2.27. The topological polar surface area (TPSA) is 32.7 Å². The van der Waals surface area contributed by atoms with Gasteiger partial charge in [0.25, 0.3) is 0 Å². The Morgan fingerprint density at radius 3 is 2.92 bits per heavy atom. The van der Waals surface area contributed by atoms with Gasteiger partial charge in [-0.15, -0.1) is 0 Å². The number of ether oxygens (including phenoxy) is 1. The number of fused-ring (bicyclic) bond motifs is 3. The fourth-order valence-corrected chi connectivity index (χ4v) is 4.21. The largest absolute Gasteiger partial charge is 0.493 e. The average molecular weight is 348 g/mol. The Morgan fingerprint density at radius 2 is 2.12 bits per heavy atom. The van der Waals surface area contributed by atoms with E-state index in [2.05, 4.69) is 11.0 Å². The summed E-state index contributed by atoms with van der Waals surface area (Å²) in [6, 6.07) is 12.6. The van der Waals surface area contributed by atoms with E-state index < -0.39 is 0 Å². The number of halogens is 2. The molecule has 24 heavy (non-hydrogen) atoms. The van der Waals surface area contributed by atoms with E-state index in [0.29, 0.717) is 18.2 Å². The number of likely N-dealkylation sites (tertiary alicyclic amines) is 1. The van der Waals surface area contributed by atoms with Gasteiger partial charge in [-0.2, -0.15) is 0 Å². The zero-order valence-corrected chi connectivity index (χ0v) is 14.0. The van der Waals surface area contributed by atoms with Gasteiger partial charge in [0.1, 0.15) is 11.6 Å². The van der Waals surface area contributed by atoms with E-state index in [4.69, 9.17) is 16.3 Å². The van der Waals surface area contributed by atoms with Crippen LogP contribution in [0.1, 0.15) is 17.0 Å². The summed E-state index contributed by atoms with van der Waals surface area (Å²) in [7, 11) is 0. The fourth-order valence-electron chi connectivity index (χ4n) is 3.98. The normalized spacial score (nSPS) is 25.9. The molecule has 0 aliphatic carbocycles. The Balaban J connectivity index is 1.61. The molecule has 0 saturated carbocycles. The number of hydrogen-bond acceptors (Lipinski definition) is 3. The minimum absolute atomic E-state index is 0.0830. The fraction of sp³-hybridized carbons (Fsp3) is 0.368. The molecule has 2 aliphatic heterocycles. The highest BCUT2D eigenvalue weighted by atomic mass is 35.5. The summed E-state index contributed by atoms with van der Waals surface area (Å²) in [5.74, 6) is 0.813. The number of benzene rings is 2. The second-order valence-corrected chi connectivity index (χ2v) is 7.21. The molecule has 1 fully saturated rings. The van der Waals surface area contributed by atoms with E-state index >= 15 is 0 Å². The lowest BCUT2D eigenvalue weighted by molar-refractivity contribution is 0.0457. The van der Waals surface area contributed by atoms with Crippen molar-refractivity contribution < 1.29 is 14.2 Å². The van der Waals surface area contributed by atoms with Gasteiger partial charge in [-0.1, -0.05) is 35.9 Å². The van der Waals surface area contributed by atoms with Crippen molar-refractivity contribution in [2.45, 2.75) is 12.5 Å². The quantitative estimate of drug-likeness (QED) is 0.923. The maximum atomic E-state index is 13.2. The van der Waals surface area contributed by atoms with Crippen LogP contribution in [0.3, 0.4) is 0 Å². The van der Waals surface area contributed by atoms with Crippen molar-refractivity contribution >= 4 is 11.6 Å². The molecular weight excluding hydrogens is 329 g/mol. The summed E-state index contributed by atoms with van der Waals surface area (Å²) in [6.07, 6.45) is 0. The predicted octanol–water partition coefficient (Wildman–Crippen LogP) is 3.45. The SMILES string of the molecule is OC[C@]12COc3ccccc3[C@H]1CN(Cc1ccc(F)cc1Cl)C2. The highest BCUT2D eigenvalue weighted by Gasteiger charge is 2.50. The summed E-state index contributed by atoms with van der Waals surface area (Å²) in [5, 5.41) is 10.5. The zero-order chi connectivity index (χ0) is 16.7. The number of aliphatic hydroxyl groups is 1. The third-order valence-corrected chi connectivity index (χ3v) is 5.60. The Bertz CT molecular complexity index is 769. The van der Waals surface area contributed by atoms with Crippen LogP contribution in [-0.4, -0.2) is 36.3 Å². The molecule has 4 rings (SSSR count). The first-order valence-corrected chi connectivity index (χ1v) is 8.48. The molecule has 2 aliphatic rings. The lowest BCUT2D eigenvalue weighted by atomic mass is 9.74. The van der Waals surface area contributed by atoms with Gasteiger partial charge in [0.15, 0.2) is 0 Å². The minimum atomic E-state index is -0.326. The van der Waals surface area contributed by atoms with Gasteiger partial charge < -0.3 is 9.84 Å². The van der Waals surface area contributed by atoms with E-state index in [-0.39, 0.29) is 23.8 Å². The Morgan fingerprint density at radius 1 is 1.29 bits per heavy atom. The molecule has 126 valence electrons. The monoisotopic (exact) mass is 347 g/mol. The molecule has 0 radical (unpaired) electrons. The first kappa shape index (κ1) is 15.9. The van der Waals surface area contributed by atoms with Crippen LogP contribution in [0, 0.1) is 11.2 Å². The molecular formula is C19H19ClFNO2. The number of aliphatic hydroxyl groups excluding tert-OH is 1. The van der Waals surface area contributed by atoms with Gasteiger partial charge in [-0.25, -0.2) is 4.39 Å². The Hall–Kier alpha value is -1.62. The first-order chi connectivity index (χ1) is 11.6. The summed E-state index contributed by atoms with van der Waals surface area (Å²) >= 11 is 6.17. The summed E-state index contributed by atoms with van der Waals surface area (Å²) in [6.45, 7) is 2.79. The molecule has 1 N–H and O–H groups in total. The highest BCUT2D eigenvalue weighted by molar-refractivity contribution is 6.31. The summed E-state index contributed by atoms with van der Waals surface area (Å²) < 4.78 is 19.1. The van der Waals surface area contributed by atoms with Crippen LogP contribution < -0.4 is 4.74 Å². The maximum Gasteiger partial charge on any atom is 0.124 e. The lowest BCUT2D eigenvalue weighted by Gasteiger charge is -2.38. The van der Waals surface area contributed by atoms with Crippen LogP contribution in [0.25, 0.3) is 0 Å². The molecule has 2 aromatic rings. The van der Waals surface area contributed by atoms with Crippen LogP contribution in [0.2, 0.25) is 5.02 Å². The summed E-state index contributed by atoms with van der Waals surface area (Å²) in [5.41, 5.74) is 1.77. The smallest absolute Gasteiger partial charge is 0.124 e. The van der Waals surface area contributed by atoms with E-state index in [1.165, 1.54) is 12.1 Å².